The third-order valence-electron chi connectivity index (χ3n) is 2.46. The van der Waals surface area contributed by atoms with Crippen molar-refractivity contribution in [3.05, 3.63) is 35.6 Å². The van der Waals surface area contributed by atoms with Crippen molar-refractivity contribution in [2.75, 3.05) is 13.2 Å². The zero-order chi connectivity index (χ0) is 12.7. The Kier molecular flexibility index (Phi) is 6.16. The summed E-state index contributed by atoms with van der Waals surface area (Å²) in [7, 11) is 0. The lowest BCUT2D eigenvalue weighted by atomic mass is 10.1. The fraction of sp³-hybridized carbons (Fsp3) is 0.571. The molecule has 96 valence electrons. The van der Waals surface area contributed by atoms with Gasteiger partial charge in [-0.1, -0.05) is 32.9 Å². The maximum Gasteiger partial charge on any atom is 0.123 e. The van der Waals surface area contributed by atoms with E-state index in [2.05, 4.69) is 26.1 Å². The first kappa shape index (κ1) is 14.1. The number of hydrogen-bond acceptors (Lipinski definition) is 2. The van der Waals surface area contributed by atoms with Gasteiger partial charge in [0.1, 0.15) is 5.82 Å². The second-order valence-corrected chi connectivity index (χ2v) is 4.48. The molecule has 1 aromatic rings. The lowest BCUT2D eigenvalue weighted by Gasteiger charge is -2.20. The second-order valence-electron chi connectivity index (χ2n) is 4.48. The van der Waals surface area contributed by atoms with Gasteiger partial charge < -0.3 is 10.1 Å². The van der Waals surface area contributed by atoms with Crippen LogP contribution in [0.15, 0.2) is 24.3 Å². The van der Waals surface area contributed by atoms with Crippen LogP contribution in [-0.4, -0.2) is 19.2 Å². The number of nitrogens with one attached hydrogen (secondary N) is 1. The van der Waals surface area contributed by atoms with Crippen LogP contribution in [0.3, 0.4) is 0 Å². The third kappa shape index (κ3) is 5.29. The Hall–Kier alpha value is -0.930. The van der Waals surface area contributed by atoms with E-state index in [1.807, 2.05) is 6.07 Å². The molecule has 0 bridgehead atoms. The Balaban J connectivity index is 2.67. The Bertz CT molecular complexity index is 328. The van der Waals surface area contributed by atoms with Crippen molar-refractivity contribution in [2.24, 2.45) is 0 Å². The van der Waals surface area contributed by atoms with Crippen LogP contribution in [0.4, 0.5) is 4.39 Å². The van der Waals surface area contributed by atoms with Crippen molar-refractivity contribution in [2.45, 2.75) is 39.3 Å². The predicted molar refractivity (Wildman–Crippen MR) is 68.5 cm³/mol. The molecule has 1 atom stereocenters. The van der Waals surface area contributed by atoms with Crippen molar-refractivity contribution in [1.29, 1.82) is 0 Å². The van der Waals surface area contributed by atoms with E-state index in [1.54, 1.807) is 12.1 Å². The van der Waals surface area contributed by atoms with E-state index in [9.17, 15) is 4.39 Å². The number of rotatable bonds is 7. The Labute approximate surface area is 103 Å². The van der Waals surface area contributed by atoms with E-state index in [0.29, 0.717) is 19.2 Å². The fourth-order valence-electron chi connectivity index (χ4n) is 1.58. The van der Waals surface area contributed by atoms with Gasteiger partial charge in [-0.25, -0.2) is 4.39 Å². The molecule has 1 rings (SSSR count). The van der Waals surface area contributed by atoms with Crippen LogP contribution in [-0.2, 0) is 4.74 Å². The molecule has 0 saturated heterocycles. The van der Waals surface area contributed by atoms with Gasteiger partial charge in [-0.3, -0.25) is 0 Å². The molecule has 0 saturated carbocycles. The van der Waals surface area contributed by atoms with Crippen molar-refractivity contribution in [1.82, 2.24) is 5.32 Å². The van der Waals surface area contributed by atoms with E-state index in [0.717, 1.165) is 12.0 Å². The molecule has 0 aliphatic carbocycles. The van der Waals surface area contributed by atoms with Crippen LogP contribution in [0, 0.1) is 5.82 Å². The summed E-state index contributed by atoms with van der Waals surface area (Å²) in [6.45, 7) is 7.64. The molecule has 1 aromatic carbocycles. The largest absolute Gasteiger partial charge is 0.372 e. The molecule has 0 aliphatic heterocycles. The van der Waals surface area contributed by atoms with Crippen LogP contribution in [0.5, 0.6) is 0 Å². The van der Waals surface area contributed by atoms with Gasteiger partial charge in [0.05, 0.1) is 6.10 Å². The molecule has 2 nitrogen and oxygen atoms in total. The van der Waals surface area contributed by atoms with Crippen molar-refractivity contribution in [3.63, 3.8) is 0 Å². The molecule has 0 amide bonds. The van der Waals surface area contributed by atoms with Gasteiger partial charge in [0.15, 0.2) is 0 Å². The highest BCUT2D eigenvalue weighted by atomic mass is 19.1. The number of ether oxygens (including phenoxy) is 1. The van der Waals surface area contributed by atoms with Gasteiger partial charge in [-0.15, -0.1) is 0 Å². The van der Waals surface area contributed by atoms with E-state index in [1.165, 1.54) is 6.07 Å². The van der Waals surface area contributed by atoms with Gasteiger partial charge in [-0.2, -0.15) is 0 Å². The average Bonchev–Trinajstić information content (AvgIpc) is 2.29. The molecular formula is C14H22FNO. The first-order valence-corrected chi connectivity index (χ1v) is 6.24. The van der Waals surface area contributed by atoms with Gasteiger partial charge >= 0.3 is 0 Å². The first-order chi connectivity index (χ1) is 8.13. The van der Waals surface area contributed by atoms with Gasteiger partial charge in [0, 0.05) is 19.2 Å². The minimum Gasteiger partial charge on any atom is -0.372 e. The highest BCUT2D eigenvalue weighted by molar-refractivity contribution is 5.19. The van der Waals surface area contributed by atoms with Crippen LogP contribution in [0.2, 0.25) is 0 Å². The van der Waals surface area contributed by atoms with E-state index >= 15 is 0 Å². The number of hydrogen-bond donors (Lipinski definition) is 1. The Morgan fingerprint density at radius 2 is 2.12 bits per heavy atom. The Morgan fingerprint density at radius 3 is 2.71 bits per heavy atom. The monoisotopic (exact) mass is 239 g/mol. The number of benzene rings is 1. The van der Waals surface area contributed by atoms with Crippen LogP contribution < -0.4 is 5.32 Å². The number of halogens is 1. The molecule has 17 heavy (non-hydrogen) atoms. The molecule has 1 unspecified atom stereocenters. The highest BCUT2D eigenvalue weighted by Crippen LogP contribution is 2.18. The SMILES string of the molecule is CCCOC(CNC(C)C)c1cccc(F)c1. The first-order valence-electron chi connectivity index (χ1n) is 6.24. The maximum absolute atomic E-state index is 13.2. The zero-order valence-electron chi connectivity index (χ0n) is 10.9. The standard InChI is InChI=1S/C14H22FNO/c1-4-8-17-14(10-16-11(2)3)12-6-5-7-13(15)9-12/h5-7,9,11,14,16H,4,8,10H2,1-3H3. The Morgan fingerprint density at radius 1 is 1.35 bits per heavy atom. The van der Waals surface area contributed by atoms with Crippen molar-refractivity contribution < 1.29 is 9.13 Å². The van der Waals surface area contributed by atoms with Crippen LogP contribution in [0.1, 0.15) is 38.9 Å². The molecule has 0 aromatic heterocycles. The van der Waals surface area contributed by atoms with Gasteiger partial charge in [-0.05, 0) is 24.1 Å². The van der Waals surface area contributed by atoms with E-state index in [-0.39, 0.29) is 11.9 Å². The second kappa shape index (κ2) is 7.41. The summed E-state index contributed by atoms with van der Waals surface area (Å²) in [5, 5.41) is 3.32. The van der Waals surface area contributed by atoms with Crippen LogP contribution in [0.25, 0.3) is 0 Å². The third-order valence-corrected chi connectivity index (χ3v) is 2.46. The van der Waals surface area contributed by atoms with Gasteiger partial charge in [0.2, 0.25) is 0 Å². The molecule has 0 heterocycles. The molecule has 0 spiro atoms. The maximum atomic E-state index is 13.2. The predicted octanol–water partition coefficient (Wildman–Crippen LogP) is 3.29. The highest BCUT2D eigenvalue weighted by Gasteiger charge is 2.12. The summed E-state index contributed by atoms with van der Waals surface area (Å²) in [4.78, 5) is 0. The molecule has 1 N–H and O–H groups in total. The summed E-state index contributed by atoms with van der Waals surface area (Å²) in [5.74, 6) is -0.211. The summed E-state index contributed by atoms with van der Waals surface area (Å²) < 4.78 is 18.9. The summed E-state index contributed by atoms with van der Waals surface area (Å²) in [6, 6.07) is 7.03. The minimum absolute atomic E-state index is 0.0759. The molecule has 3 heteroatoms. The normalized spacial score (nSPS) is 13.0. The van der Waals surface area contributed by atoms with E-state index < -0.39 is 0 Å². The summed E-state index contributed by atoms with van der Waals surface area (Å²) in [6.07, 6.45) is 0.890. The van der Waals surface area contributed by atoms with E-state index in [4.69, 9.17) is 4.74 Å². The quantitative estimate of drug-likeness (QED) is 0.788. The van der Waals surface area contributed by atoms with Gasteiger partial charge in [0.25, 0.3) is 0 Å². The summed E-state index contributed by atoms with van der Waals surface area (Å²) >= 11 is 0. The summed E-state index contributed by atoms with van der Waals surface area (Å²) in [5.41, 5.74) is 0.895. The van der Waals surface area contributed by atoms with Crippen LogP contribution >= 0.6 is 0 Å². The molecular weight excluding hydrogens is 217 g/mol. The molecule has 0 aliphatic rings. The lowest BCUT2D eigenvalue weighted by Crippen LogP contribution is -2.29. The van der Waals surface area contributed by atoms with Crippen molar-refractivity contribution in [3.8, 4) is 0 Å². The fourth-order valence-corrected chi connectivity index (χ4v) is 1.58. The average molecular weight is 239 g/mol. The minimum atomic E-state index is -0.211. The zero-order valence-corrected chi connectivity index (χ0v) is 10.9. The lowest BCUT2D eigenvalue weighted by molar-refractivity contribution is 0.0515. The van der Waals surface area contributed by atoms with Crippen molar-refractivity contribution >= 4 is 0 Å². The molecule has 0 radical (unpaired) electrons. The molecule has 0 fully saturated rings. The smallest absolute Gasteiger partial charge is 0.123 e. The topological polar surface area (TPSA) is 21.3 Å².